The molecule has 0 unspecified atom stereocenters. The van der Waals surface area contributed by atoms with Gasteiger partial charge in [0.2, 0.25) is 0 Å². The first-order chi connectivity index (χ1) is 19.6. The topological polar surface area (TPSA) is 129 Å². The van der Waals surface area contributed by atoms with Gasteiger partial charge in [-0.3, -0.25) is 19.6 Å². The molecule has 1 aliphatic carbocycles. The zero-order chi connectivity index (χ0) is 29.2. The first-order valence-corrected chi connectivity index (χ1v) is 13.4. The third-order valence-corrected chi connectivity index (χ3v) is 6.46. The third kappa shape index (κ3) is 9.65. The van der Waals surface area contributed by atoms with Gasteiger partial charge in [-0.05, 0) is 62.3 Å². The predicted octanol–water partition coefficient (Wildman–Crippen LogP) is 4.63. The molecular weight excluding hydrogens is 545 g/mol. The second-order valence-corrected chi connectivity index (χ2v) is 9.69. The van der Waals surface area contributed by atoms with E-state index >= 15 is 0 Å². The van der Waals surface area contributed by atoms with Crippen molar-refractivity contribution in [3.8, 4) is 5.75 Å². The number of hydrogen-bond acceptors (Lipinski definition) is 7. The predicted molar refractivity (Wildman–Crippen MR) is 141 cm³/mol. The van der Waals surface area contributed by atoms with Gasteiger partial charge in [0.1, 0.15) is 11.9 Å². The van der Waals surface area contributed by atoms with Crippen LogP contribution in [0.2, 0.25) is 0 Å². The van der Waals surface area contributed by atoms with E-state index in [9.17, 15) is 27.6 Å². The minimum atomic E-state index is -4.80. The first-order valence-electron chi connectivity index (χ1n) is 13.4. The molecule has 2 N–H and O–H groups in total. The van der Waals surface area contributed by atoms with Crippen molar-refractivity contribution in [2.75, 3.05) is 5.32 Å². The van der Waals surface area contributed by atoms with Crippen LogP contribution in [0.3, 0.4) is 0 Å². The Morgan fingerprint density at radius 2 is 1.83 bits per heavy atom. The monoisotopic (exact) mass is 576 g/mol. The van der Waals surface area contributed by atoms with Gasteiger partial charge in [-0.2, -0.15) is 0 Å². The molecule has 14 heteroatoms. The molecule has 4 rings (SSSR count). The summed E-state index contributed by atoms with van der Waals surface area (Å²) in [4.78, 5) is 36.9. The maximum absolute atomic E-state index is 12.4. The number of rotatable bonds is 11. The smallest absolute Gasteiger partial charge is 0.446 e. The lowest BCUT2D eigenvalue weighted by Crippen LogP contribution is -2.25. The van der Waals surface area contributed by atoms with Crippen molar-refractivity contribution in [3.05, 3.63) is 70.4 Å². The fraction of sp³-hybridized carbons (Fsp3) is 0.444. The van der Waals surface area contributed by atoms with Crippen LogP contribution in [0.1, 0.15) is 61.0 Å². The van der Waals surface area contributed by atoms with E-state index in [-0.39, 0.29) is 29.7 Å². The van der Waals surface area contributed by atoms with Crippen LogP contribution in [0.4, 0.5) is 23.7 Å². The summed E-state index contributed by atoms with van der Waals surface area (Å²) in [6, 6.07) is 8.31. The standard InChI is InChI=1S/C27H31F3N6O5/c28-27(29,30)41-22-10-6-7-19(15-22)17-31-25(38)23-18-36(34-33-23)13-5-4-12-35-14-11-20(16-24(35)37)32-26(39)40-21-8-2-1-3-9-21/h6-7,10-11,14-16,18,21H,1-5,8-9,12-13,17H2,(H,31,38)(H,32,39). The molecule has 1 aromatic carbocycles. The SMILES string of the molecule is O=C(Nc1ccn(CCCCn2cc(C(=O)NCc3cccc(OC(F)(F)F)c3)nn2)c(=O)c1)OC1CCCCC1. The molecular formula is C27H31F3N6O5. The van der Waals surface area contributed by atoms with Gasteiger partial charge in [0.05, 0.1) is 11.9 Å². The Bertz CT molecular complexity index is 1380. The quantitative estimate of drug-likeness (QED) is 0.319. The van der Waals surface area contributed by atoms with Crippen molar-refractivity contribution in [1.29, 1.82) is 0 Å². The Morgan fingerprint density at radius 1 is 1.05 bits per heavy atom. The average Bonchev–Trinajstić information content (AvgIpc) is 3.40. The minimum Gasteiger partial charge on any atom is -0.446 e. The highest BCUT2D eigenvalue weighted by molar-refractivity contribution is 5.91. The molecule has 0 saturated heterocycles. The summed E-state index contributed by atoms with van der Waals surface area (Å²) in [7, 11) is 0. The van der Waals surface area contributed by atoms with Crippen molar-refractivity contribution in [2.24, 2.45) is 0 Å². The molecule has 0 aliphatic heterocycles. The lowest BCUT2D eigenvalue weighted by molar-refractivity contribution is -0.274. The number of unbranched alkanes of at least 4 members (excludes halogenated alkanes) is 1. The van der Waals surface area contributed by atoms with Gasteiger partial charge < -0.3 is 19.4 Å². The number of hydrogen-bond donors (Lipinski definition) is 2. The molecule has 3 aromatic rings. The van der Waals surface area contributed by atoms with Gasteiger partial charge in [0.15, 0.2) is 5.69 Å². The van der Waals surface area contributed by atoms with E-state index in [2.05, 4.69) is 25.7 Å². The number of halogens is 3. The second-order valence-electron chi connectivity index (χ2n) is 9.69. The number of pyridine rings is 1. The number of anilines is 1. The summed E-state index contributed by atoms with van der Waals surface area (Å²) in [6.45, 7) is 0.884. The molecule has 2 aromatic heterocycles. The summed E-state index contributed by atoms with van der Waals surface area (Å²) < 4.78 is 49.5. The Kier molecular flexibility index (Phi) is 9.98. The average molecular weight is 577 g/mol. The van der Waals surface area contributed by atoms with E-state index in [1.54, 1.807) is 18.3 Å². The third-order valence-electron chi connectivity index (χ3n) is 6.46. The molecule has 0 spiro atoms. The number of amides is 2. The van der Waals surface area contributed by atoms with Crippen molar-refractivity contribution in [1.82, 2.24) is 24.9 Å². The van der Waals surface area contributed by atoms with Crippen LogP contribution in [0.25, 0.3) is 0 Å². The van der Waals surface area contributed by atoms with Gasteiger partial charge in [-0.15, -0.1) is 18.3 Å². The zero-order valence-electron chi connectivity index (χ0n) is 22.2. The van der Waals surface area contributed by atoms with E-state index in [0.717, 1.165) is 32.1 Å². The van der Waals surface area contributed by atoms with Gasteiger partial charge in [0, 0.05) is 31.9 Å². The number of aromatic nitrogens is 4. The zero-order valence-corrected chi connectivity index (χ0v) is 22.2. The molecule has 1 aliphatic rings. The van der Waals surface area contributed by atoms with Crippen LogP contribution in [0.5, 0.6) is 5.75 Å². The van der Waals surface area contributed by atoms with Crippen LogP contribution < -0.4 is 20.9 Å². The van der Waals surface area contributed by atoms with Gasteiger partial charge in [-0.1, -0.05) is 23.8 Å². The molecule has 1 fully saturated rings. The fourth-order valence-electron chi connectivity index (χ4n) is 4.45. The fourth-order valence-corrected chi connectivity index (χ4v) is 4.45. The van der Waals surface area contributed by atoms with Gasteiger partial charge >= 0.3 is 12.5 Å². The van der Waals surface area contributed by atoms with Crippen molar-refractivity contribution in [3.63, 3.8) is 0 Å². The van der Waals surface area contributed by atoms with Crippen molar-refractivity contribution < 1.29 is 32.2 Å². The van der Waals surface area contributed by atoms with E-state index in [1.807, 2.05) is 0 Å². The highest BCUT2D eigenvalue weighted by atomic mass is 19.4. The Hall–Kier alpha value is -4.36. The second kappa shape index (κ2) is 13.8. The van der Waals surface area contributed by atoms with Crippen molar-refractivity contribution in [2.45, 2.75) is 77.0 Å². The van der Waals surface area contributed by atoms with Gasteiger partial charge in [-0.25, -0.2) is 4.79 Å². The van der Waals surface area contributed by atoms with Crippen LogP contribution in [-0.2, 0) is 24.4 Å². The highest BCUT2D eigenvalue weighted by Crippen LogP contribution is 2.23. The molecule has 41 heavy (non-hydrogen) atoms. The Labute approximate surface area is 233 Å². The summed E-state index contributed by atoms with van der Waals surface area (Å²) in [5.74, 6) is -0.902. The molecule has 11 nitrogen and oxygen atoms in total. The van der Waals surface area contributed by atoms with Gasteiger partial charge in [0.25, 0.3) is 11.5 Å². The minimum absolute atomic E-state index is 0.0223. The Morgan fingerprint density at radius 3 is 2.59 bits per heavy atom. The largest absolute Gasteiger partial charge is 0.573 e. The Balaban J connectivity index is 1.17. The summed E-state index contributed by atoms with van der Waals surface area (Å²) in [5.41, 5.74) is 0.610. The highest BCUT2D eigenvalue weighted by Gasteiger charge is 2.31. The number of alkyl halides is 3. The maximum Gasteiger partial charge on any atom is 0.573 e. The number of carbonyl (C=O) groups is 2. The van der Waals surface area contributed by atoms with Crippen LogP contribution in [0, 0.1) is 0 Å². The molecule has 0 atom stereocenters. The number of nitrogens with zero attached hydrogens (tertiary/aromatic N) is 4. The lowest BCUT2D eigenvalue weighted by Gasteiger charge is -2.21. The molecule has 2 heterocycles. The maximum atomic E-state index is 12.4. The van der Waals surface area contributed by atoms with E-state index in [1.165, 1.54) is 39.7 Å². The molecule has 0 bridgehead atoms. The number of aryl methyl sites for hydroxylation is 2. The first kappa shape index (κ1) is 29.6. The molecule has 2 amide bonds. The molecule has 0 radical (unpaired) electrons. The summed E-state index contributed by atoms with van der Waals surface area (Å²) in [6.07, 6.45) is 3.92. The van der Waals surface area contributed by atoms with Crippen molar-refractivity contribution >= 4 is 17.7 Å². The lowest BCUT2D eigenvalue weighted by atomic mass is 9.98. The van der Waals surface area contributed by atoms with E-state index in [4.69, 9.17) is 4.74 Å². The normalized spacial score (nSPS) is 13.9. The molecule has 220 valence electrons. The number of nitrogens with one attached hydrogen (secondary N) is 2. The summed E-state index contributed by atoms with van der Waals surface area (Å²) >= 11 is 0. The number of ether oxygens (including phenoxy) is 2. The number of carbonyl (C=O) groups excluding carboxylic acids is 2. The summed E-state index contributed by atoms with van der Waals surface area (Å²) in [5, 5.41) is 13.0. The van der Waals surface area contributed by atoms with E-state index < -0.39 is 18.4 Å². The number of benzene rings is 1. The molecule has 1 saturated carbocycles. The van der Waals surface area contributed by atoms with Crippen LogP contribution >= 0.6 is 0 Å². The van der Waals surface area contributed by atoms with E-state index in [0.29, 0.717) is 37.2 Å². The van der Waals surface area contributed by atoms with Crippen LogP contribution in [-0.4, -0.2) is 44.0 Å². The van der Waals surface area contributed by atoms with Crippen LogP contribution in [0.15, 0.2) is 53.6 Å².